The third-order valence-corrected chi connectivity index (χ3v) is 6.64. The van der Waals surface area contributed by atoms with E-state index >= 15 is 0 Å². The number of carbonyl (C=O) groups excluding carboxylic acids is 2. The highest BCUT2D eigenvalue weighted by molar-refractivity contribution is 6.41. The molecule has 1 aromatic carbocycles. The first-order valence-electron chi connectivity index (χ1n) is 8.53. The van der Waals surface area contributed by atoms with Crippen molar-refractivity contribution in [2.24, 2.45) is 16.7 Å². The lowest BCUT2D eigenvalue weighted by Crippen LogP contribution is -2.48. The van der Waals surface area contributed by atoms with Gasteiger partial charge in [0.1, 0.15) is 5.82 Å². The van der Waals surface area contributed by atoms with Gasteiger partial charge in [0.15, 0.2) is 0 Å². The van der Waals surface area contributed by atoms with Crippen LogP contribution in [-0.2, 0) is 9.59 Å². The number of hydrogen-bond acceptors (Lipinski definition) is 2. The van der Waals surface area contributed by atoms with Gasteiger partial charge in [-0.15, -0.1) is 0 Å². The molecule has 3 rings (SSSR count). The number of carbonyl (C=O) groups is 2. The van der Waals surface area contributed by atoms with Crippen molar-refractivity contribution in [3.63, 3.8) is 0 Å². The molecule has 0 heterocycles. The first-order valence-corrected chi connectivity index (χ1v) is 8.53. The Kier molecular flexibility index (Phi) is 4.10. The summed E-state index contributed by atoms with van der Waals surface area (Å²) < 4.78 is 13.5. The van der Waals surface area contributed by atoms with Crippen molar-refractivity contribution in [3.05, 3.63) is 41.7 Å². The number of benzene rings is 1. The third-order valence-electron chi connectivity index (χ3n) is 6.64. The topological polar surface area (TPSA) is 46.2 Å². The summed E-state index contributed by atoms with van der Waals surface area (Å²) >= 11 is 0. The second-order valence-corrected chi connectivity index (χ2v) is 7.86. The van der Waals surface area contributed by atoms with E-state index in [2.05, 4.69) is 26.1 Å². The molecular weight excluding hydrogens is 305 g/mol. The van der Waals surface area contributed by atoms with E-state index in [4.69, 9.17) is 0 Å². The van der Waals surface area contributed by atoms with Crippen LogP contribution in [0.15, 0.2) is 30.3 Å². The second-order valence-electron chi connectivity index (χ2n) is 7.86. The summed E-state index contributed by atoms with van der Waals surface area (Å²) in [6, 6.07) is 6.19. The molecule has 0 aromatic heterocycles. The number of nitrogens with one attached hydrogen (secondary N) is 1. The minimum atomic E-state index is -0.637. The number of rotatable bonds is 4. The maximum Gasteiger partial charge on any atom is 0.291 e. The minimum absolute atomic E-state index is 0.0306. The standard InChI is InChI=1S/C20H24FNO2/c1-19(2)14-10-11-20(19,3)17(12-14)22-18(24)16(23)9-8-13-6-4-5-7-15(13)21/h4-9,14,17H,10-12H2,1-3H3,(H,22,24)/t14-,17+,20+/m1/s1. The van der Waals surface area contributed by atoms with Gasteiger partial charge in [-0.3, -0.25) is 9.59 Å². The van der Waals surface area contributed by atoms with Gasteiger partial charge in [-0.2, -0.15) is 0 Å². The van der Waals surface area contributed by atoms with Crippen LogP contribution in [0.25, 0.3) is 6.08 Å². The van der Waals surface area contributed by atoms with Crippen LogP contribution in [0, 0.1) is 22.6 Å². The molecular formula is C20H24FNO2. The fourth-order valence-electron chi connectivity index (χ4n) is 4.50. The van der Waals surface area contributed by atoms with E-state index in [1.54, 1.807) is 18.2 Å². The lowest BCUT2D eigenvalue weighted by molar-refractivity contribution is -0.136. The van der Waals surface area contributed by atoms with Crippen molar-refractivity contribution in [3.8, 4) is 0 Å². The molecule has 3 atom stereocenters. The van der Waals surface area contributed by atoms with Crippen LogP contribution in [0.5, 0.6) is 0 Å². The quantitative estimate of drug-likeness (QED) is 0.676. The summed E-state index contributed by atoms with van der Waals surface area (Å²) in [5.74, 6) is -1.05. The predicted octanol–water partition coefficient (Wildman–Crippen LogP) is 3.74. The number of fused-ring (bicyclic) bond motifs is 2. The molecule has 2 bridgehead atoms. The highest BCUT2D eigenvalue weighted by atomic mass is 19.1. The zero-order valence-electron chi connectivity index (χ0n) is 14.4. The molecule has 3 nitrogen and oxygen atoms in total. The van der Waals surface area contributed by atoms with Gasteiger partial charge in [0.05, 0.1) is 0 Å². The Bertz CT molecular complexity index is 709. The lowest BCUT2D eigenvalue weighted by Gasteiger charge is -2.39. The molecule has 2 saturated carbocycles. The SMILES string of the molecule is CC1(C)[C@@H]2CC[C@@]1(C)[C@@H](NC(=O)C(=O)C=Cc1ccccc1F)C2. The van der Waals surface area contributed by atoms with Gasteiger partial charge < -0.3 is 5.32 Å². The molecule has 0 unspecified atom stereocenters. The largest absolute Gasteiger partial charge is 0.346 e. The van der Waals surface area contributed by atoms with Crippen LogP contribution < -0.4 is 5.32 Å². The number of halogens is 1. The molecule has 0 spiro atoms. The monoisotopic (exact) mass is 329 g/mol. The summed E-state index contributed by atoms with van der Waals surface area (Å²) in [7, 11) is 0. The molecule has 0 radical (unpaired) electrons. The van der Waals surface area contributed by atoms with Crippen molar-refractivity contribution in [1.82, 2.24) is 5.32 Å². The molecule has 4 heteroatoms. The van der Waals surface area contributed by atoms with Crippen molar-refractivity contribution < 1.29 is 14.0 Å². The number of amides is 1. The molecule has 1 amide bonds. The third kappa shape index (κ3) is 2.58. The average Bonchev–Trinajstić information content (AvgIpc) is 2.87. The second kappa shape index (κ2) is 5.83. The Morgan fingerprint density at radius 1 is 1.25 bits per heavy atom. The molecule has 1 aromatic rings. The molecule has 2 aliphatic rings. The zero-order valence-corrected chi connectivity index (χ0v) is 14.4. The van der Waals surface area contributed by atoms with E-state index in [1.165, 1.54) is 18.6 Å². The van der Waals surface area contributed by atoms with Crippen molar-refractivity contribution in [2.75, 3.05) is 0 Å². The summed E-state index contributed by atoms with van der Waals surface area (Å²) in [6.45, 7) is 6.73. The first-order chi connectivity index (χ1) is 11.3. The summed E-state index contributed by atoms with van der Waals surface area (Å²) in [5, 5.41) is 2.92. The minimum Gasteiger partial charge on any atom is -0.346 e. The van der Waals surface area contributed by atoms with Crippen LogP contribution >= 0.6 is 0 Å². The van der Waals surface area contributed by atoms with E-state index in [-0.39, 0.29) is 16.9 Å². The number of hydrogen-bond donors (Lipinski definition) is 1. The van der Waals surface area contributed by atoms with Crippen LogP contribution in [-0.4, -0.2) is 17.7 Å². The summed E-state index contributed by atoms with van der Waals surface area (Å²) in [5.41, 5.74) is 0.506. The van der Waals surface area contributed by atoms with Gasteiger partial charge in [0.25, 0.3) is 5.91 Å². The maximum absolute atomic E-state index is 13.5. The Morgan fingerprint density at radius 2 is 1.96 bits per heavy atom. The van der Waals surface area contributed by atoms with Crippen molar-refractivity contribution >= 4 is 17.8 Å². The van der Waals surface area contributed by atoms with E-state index in [0.29, 0.717) is 11.5 Å². The average molecular weight is 329 g/mol. The molecule has 0 saturated heterocycles. The van der Waals surface area contributed by atoms with Crippen LogP contribution in [0.4, 0.5) is 4.39 Å². The normalized spacial score (nSPS) is 30.7. The molecule has 128 valence electrons. The number of ketones is 1. The Labute approximate surface area is 142 Å². The Hall–Kier alpha value is -1.97. The van der Waals surface area contributed by atoms with Crippen molar-refractivity contribution in [2.45, 2.75) is 46.1 Å². The van der Waals surface area contributed by atoms with Crippen LogP contribution in [0.3, 0.4) is 0 Å². The Morgan fingerprint density at radius 3 is 2.54 bits per heavy atom. The van der Waals surface area contributed by atoms with E-state index in [0.717, 1.165) is 18.9 Å². The fourth-order valence-corrected chi connectivity index (χ4v) is 4.50. The fraction of sp³-hybridized carbons (Fsp3) is 0.500. The first kappa shape index (κ1) is 16.9. The molecule has 24 heavy (non-hydrogen) atoms. The van der Waals surface area contributed by atoms with Gasteiger partial charge in [-0.25, -0.2) is 4.39 Å². The zero-order chi connectivity index (χ0) is 17.5. The summed E-state index contributed by atoms with van der Waals surface area (Å²) in [6.07, 6.45) is 5.70. The highest BCUT2D eigenvalue weighted by Crippen LogP contribution is 2.65. The van der Waals surface area contributed by atoms with E-state index < -0.39 is 17.5 Å². The van der Waals surface area contributed by atoms with Gasteiger partial charge in [-0.05, 0) is 54.2 Å². The van der Waals surface area contributed by atoms with E-state index in [1.807, 2.05) is 0 Å². The van der Waals surface area contributed by atoms with E-state index in [9.17, 15) is 14.0 Å². The highest BCUT2D eigenvalue weighted by Gasteiger charge is 2.61. The van der Waals surface area contributed by atoms with Crippen molar-refractivity contribution in [1.29, 1.82) is 0 Å². The molecule has 2 aliphatic carbocycles. The summed E-state index contributed by atoms with van der Waals surface area (Å²) in [4.78, 5) is 24.3. The molecule has 0 aliphatic heterocycles. The van der Waals surface area contributed by atoms with Crippen LogP contribution in [0.1, 0.15) is 45.6 Å². The molecule has 1 N–H and O–H groups in total. The lowest BCUT2D eigenvalue weighted by atomic mass is 9.69. The smallest absolute Gasteiger partial charge is 0.291 e. The van der Waals surface area contributed by atoms with Gasteiger partial charge in [-0.1, -0.05) is 39.0 Å². The maximum atomic E-state index is 13.5. The molecule has 2 fully saturated rings. The van der Waals surface area contributed by atoms with Crippen LogP contribution in [0.2, 0.25) is 0 Å². The predicted molar refractivity (Wildman–Crippen MR) is 91.6 cm³/mol. The Balaban J connectivity index is 1.66. The van der Waals surface area contributed by atoms with Gasteiger partial charge in [0.2, 0.25) is 5.78 Å². The van der Waals surface area contributed by atoms with Gasteiger partial charge >= 0.3 is 0 Å². The van der Waals surface area contributed by atoms with Gasteiger partial charge in [0, 0.05) is 11.6 Å².